The maximum Gasteiger partial charge on any atom is 0.103 e. The van der Waals surface area contributed by atoms with E-state index in [4.69, 9.17) is 5.73 Å². The Bertz CT molecular complexity index is 495. The van der Waals surface area contributed by atoms with E-state index in [9.17, 15) is 5.26 Å². The van der Waals surface area contributed by atoms with Gasteiger partial charge in [0.15, 0.2) is 0 Å². The van der Waals surface area contributed by atoms with Gasteiger partial charge in [-0.15, -0.1) is 11.8 Å². The summed E-state index contributed by atoms with van der Waals surface area (Å²) in [4.78, 5) is 3.43. The Morgan fingerprint density at radius 2 is 2.30 bits per heavy atom. The van der Waals surface area contributed by atoms with Crippen LogP contribution >= 0.6 is 11.8 Å². The molecule has 0 aromatic heterocycles. The highest BCUT2D eigenvalue weighted by Gasteiger charge is 2.27. The van der Waals surface area contributed by atoms with Crippen LogP contribution in [-0.2, 0) is 0 Å². The number of nitrogens with two attached hydrogens (primary N) is 1. The minimum atomic E-state index is 0.354. The molecule has 2 N–H and O–H groups in total. The van der Waals surface area contributed by atoms with Gasteiger partial charge in [-0.25, -0.2) is 0 Å². The molecule has 2 unspecified atom stereocenters. The molecule has 0 saturated carbocycles. The van der Waals surface area contributed by atoms with Gasteiger partial charge in [-0.3, -0.25) is 0 Å². The van der Waals surface area contributed by atoms with Gasteiger partial charge in [0.05, 0.1) is 11.3 Å². The average Bonchev–Trinajstić information content (AvgIpc) is 2.47. The van der Waals surface area contributed by atoms with Crippen molar-refractivity contribution in [1.29, 1.82) is 5.26 Å². The summed E-state index contributed by atoms with van der Waals surface area (Å²) < 4.78 is 0. The van der Waals surface area contributed by atoms with Crippen molar-refractivity contribution in [2.45, 2.75) is 37.6 Å². The SMILES string of the molecule is CCSc1cccc(N2CCC(C)CC2CN)c1C#N. The molecule has 1 aliphatic heterocycles. The van der Waals surface area contributed by atoms with E-state index < -0.39 is 0 Å². The van der Waals surface area contributed by atoms with E-state index in [0.29, 0.717) is 12.6 Å². The van der Waals surface area contributed by atoms with Crippen LogP contribution in [0.3, 0.4) is 0 Å². The summed E-state index contributed by atoms with van der Waals surface area (Å²) in [6, 6.07) is 8.92. The number of nitrogens with zero attached hydrogens (tertiary/aromatic N) is 2. The van der Waals surface area contributed by atoms with Gasteiger partial charge in [-0.1, -0.05) is 19.9 Å². The van der Waals surface area contributed by atoms with Crippen molar-refractivity contribution >= 4 is 17.4 Å². The zero-order valence-corrected chi connectivity index (χ0v) is 13.1. The summed E-state index contributed by atoms with van der Waals surface area (Å²) >= 11 is 1.73. The Balaban J connectivity index is 2.36. The molecule has 0 bridgehead atoms. The number of benzene rings is 1. The summed E-state index contributed by atoms with van der Waals surface area (Å²) in [5.41, 5.74) is 7.83. The second-order valence-corrected chi connectivity index (χ2v) is 6.71. The highest BCUT2D eigenvalue weighted by molar-refractivity contribution is 7.99. The van der Waals surface area contributed by atoms with Gasteiger partial charge in [0.25, 0.3) is 0 Å². The van der Waals surface area contributed by atoms with E-state index in [0.717, 1.165) is 40.8 Å². The standard InChI is InChI=1S/C16H23N3S/c1-3-20-16-6-4-5-15(14(16)11-18)19-8-7-12(2)9-13(19)10-17/h4-6,12-13H,3,7-10,17H2,1-2H3. The minimum absolute atomic E-state index is 0.354. The molecular weight excluding hydrogens is 266 g/mol. The van der Waals surface area contributed by atoms with Crippen LogP contribution in [0.15, 0.2) is 23.1 Å². The molecule has 2 rings (SSSR count). The third-order valence-corrected chi connectivity index (χ3v) is 4.92. The number of piperidine rings is 1. The average molecular weight is 289 g/mol. The zero-order chi connectivity index (χ0) is 14.5. The van der Waals surface area contributed by atoms with Gasteiger partial charge in [0, 0.05) is 24.0 Å². The molecule has 3 nitrogen and oxygen atoms in total. The predicted molar refractivity (Wildman–Crippen MR) is 86.1 cm³/mol. The predicted octanol–water partition coefficient (Wildman–Crippen LogP) is 3.23. The summed E-state index contributed by atoms with van der Waals surface area (Å²) in [5.74, 6) is 1.70. The molecule has 4 heteroatoms. The lowest BCUT2D eigenvalue weighted by atomic mass is 9.91. The fraction of sp³-hybridized carbons (Fsp3) is 0.562. The second-order valence-electron chi connectivity index (χ2n) is 5.41. The van der Waals surface area contributed by atoms with Gasteiger partial charge in [0.1, 0.15) is 6.07 Å². The summed E-state index contributed by atoms with van der Waals surface area (Å²) in [6.45, 7) is 6.05. The Morgan fingerprint density at radius 3 is 2.95 bits per heavy atom. The highest BCUT2D eigenvalue weighted by atomic mass is 32.2. The lowest BCUT2D eigenvalue weighted by molar-refractivity contribution is 0.366. The van der Waals surface area contributed by atoms with Crippen LogP contribution in [0.1, 0.15) is 32.3 Å². The normalized spacial score (nSPS) is 22.6. The molecule has 0 aliphatic carbocycles. The fourth-order valence-electron chi connectivity index (χ4n) is 2.94. The Hall–Kier alpha value is -1.18. The third-order valence-electron chi connectivity index (χ3n) is 3.98. The van der Waals surface area contributed by atoms with E-state index >= 15 is 0 Å². The molecule has 1 aromatic carbocycles. The number of nitriles is 1. The molecule has 1 heterocycles. The van der Waals surface area contributed by atoms with Crippen LogP contribution in [0.4, 0.5) is 5.69 Å². The molecule has 0 spiro atoms. The maximum atomic E-state index is 9.55. The minimum Gasteiger partial charge on any atom is -0.366 e. The highest BCUT2D eigenvalue weighted by Crippen LogP contribution is 2.34. The number of thioether (sulfide) groups is 1. The lowest BCUT2D eigenvalue weighted by Gasteiger charge is -2.40. The van der Waals surface area contributed by atoms with E-state index in [1.807, 2.05) is 6.07 Å². The van der Waals surface area contributed by atoms with Crippen LogP contribution in [-0.4, -0.2) is 24.9 Å². The van der Waals surface area contributed by atoms with Crippen molar-refractivity contribution in [1.82, 2.24) is 0 Å². The van der Waals surface area contributed by atoms with Crippen LogP contribution in [0, 0.1) is 17.2 Å². The largest absolute Gasteiger partial charge is 0.366 e. The Labute approximate surface area is 126 Å². The van der Waals surface area contributed by atoms with Crippen LogP contribution in [0.2, 0.25) is 0 Å². The smallest absolute Gasteiger partial charge is 0.103 e. The number of hydrogen-bond donors (Lipinski definition) is 1. The molecule has 1 fully saturated rings. The fourth-order valence-corrected chi connectivity index (χ4v) is 3.72. The van der Waals surface area contributed by atoms with Crippen molar-refractivity contribution in [2.75, 3.05) is 23.7 Å². The molecule has 1 aliphatic rings. The van der Waals surface area contributed by atoms with Gasteiger partial charge in [-0.05, 0) is 36.6 Å². The Morgan fingerprint density at radius 1 is 1.50 bits per heavy atom. The van der Waals surface area contributed by atoms with Gasteiger partial charge in [0.2, 0.25) is 0 Å². The van der Waals surface area contributed by atoms with Crippen molar-refractivity contribution in [3.8, 4) is 6.07 Å². The van der Waals surface area contributed by atoms with Crippen LogP contribution in [0.5, 0.6) is 0 Å². The number of anilines is 1. The summed E-state index contributed by atoms with van der Waals surface area (Å²) in [5, 5.41) is 9.55. The van der Waals surface area contributed by atoms with Gasteiger partial charge in [-0.2, -0.15) is 5.26 Å². The molecule has 20 heavy (non-hydrogen) atoms. The lowest BCUT2D eigenvalue weighted by Crippen LogP contribution is -2.46. The van der Waals surface area contributed by atoms with Crippen molar-refractivity contribution in [2.24, 2.45) is 11.7 Å². The van der Waals surface area contributed by atoms with Crippen molar-refractivity contribution in [3.63, 3.8) is 0 Å². The van der Waals surface area contributed by atoms with Crippen molar-refractivity contribution < 1.29 is 0 Å². The molecular formula is C16H23N3S. The summed E-state index contributed by atoms with van der Waals surface area (Å²) in [7, 11) is 0. The zero-order valence-electron chi connectivity index (χ0n) is 12.3. The first-order valence-electron chi connectivity index (χ1n) is 7.33. The van der Waals surface area contributed by atoms with Gasteiger partial charge < -0.3 is 10.6 Å². The first-order valence-corrected chi connectivity index (χ1v) is 8.32. The number of hydrogen-bond acceptors (Lipinski definition) is 4. The first kappa shape index (κ1) is 15.2. The van der Waals surface area contributed by atoms with E-state index in [1.54, 1.807) is 11.8 Å². The quantitative estimate of drug-likeness (QED) is 0.865. The third kappa shape index (κ3) is 3.11. The second kappa shape index (κ2) is 7.01. The molecule has 0 amide bonds. The molecule has 1 saturated heterocycles. The van der Waals surface area contributed by atoms with Gasteiger partial charge >= 0.3 is 0 Å². The molecule has 1 aromatic rings. The summed E-state index contributed by atoms with van der Waals surface area (Å²) in [6.07, 6.45) is 2.29. The van der Waals surface area contributed by atoms with Crippen LogP contribution in [0.25, 0.3) is 0 Å². The molecule has 0 radical (unpaired) electrons. The molecule has 2 atom stereocenters. The molecule has 108 valence electrons. The maximum absolute atomic E-state index is 9.55. The van der Waals surface area contributed by atoms with E-state index in [2.05, 4.69) is 36.9 Å². The van der Waals surface area contributed by atoms with E-state index in [1.165, 1.54) is 6.42 Å². The number of rotatable bonds is 4. The van der Waals surface area contributed by atoms with E-state index in [-0.39, 0.29) is 0 Å². The topological polar surface area (TPSA) is 53.0 Å². The Kier molecular flexibility index (Phi) is 5.33. The van der Waals surface area contributed by atoms with Crippen LogP contribution < -0.4 is 10.6 Å². The monoisotopic (exact) mass is 289 g/mol. The van der Waals surface area contributed by atoms with Crippen molar-refractivity contribution in [3.05, 3.63) is 23.8 Å². The first-order chi connectivity index (χ1) is 9.71.